The molecule has 7 heteroatoms. The molecule has 1 saturated heterocycles. The quantitative estimate of drug-likeness (QED) is 0.0340. The van der Waals surface area contributed by atoms with Crippen LogP contribution in [0, 0.1) is 11.8 Å². The van der Waals surface area contributed by atoms with Gasteiger partial charge in [-0.1, -0.05) is 187 Å². The second-order valence-corrected chi connectivity index (χ2v) is 22.5. The molecule has 0 radical (unpaired) electrons. The number of carbonyl (C=O) groups excluding carboxylic acids is 1. The average molecular weight is 857 g/mol. The first-order valence-corrected chi connectivity index (χ1v) is 25.3. The monoisotopic (exact) mass is 857 g/mol. The van der Waals surface area contributed by atoms with Crippen molar-refractivity contribution < 1.29 is 28.2 Å². The molecule has 0 aromatic heterocycles. The Kier molecular flexibility index (Phi) is 18.4. The second kappa shape index (κ2) is 24.1. The average Bonchev–Trinajstić information content (AvgIpc) is 3.63. The zero-order valence-corrected chi connectivity index (χ0v) is 39.1. The van der Waals surface area contributed by atoms with Crippen LogP contribution in [0.1, 0.15) is 110 Å². The van der Waals surface area contributed by atoms with Crippen molar-refractivity contribution in [2.45, 2.75) is 141 Å². The van der Waals surface area contributed by atoms with Crippen LogP contribution in [0.5, 0.6) is 0 Å². The van der Waals surface area contributed by atoms with Crippen molar-refractivity contribution in [3.8, 4) is 11.1 Å². The molecule has 0 N–H and O–H groups in total. The number of rotatable bonds is 22. The highest BCUT2D eigenvalue weighted by Gasteiger charge is 2.51. The van der Waals surface area contributed by atoms with Crippen LogP contribution in [0.4, 0.5) is 0 Å². The smallest absolute Gasteiger partial charge is 0.305 e. The van der Waals surface area contributed by atoms with Gasteiger partial charge in [0.2, 0.25) is 0 Å². The Morgan fingerprint density at radius 2 is 1.47 bits per heavy atom. The normalized spacial score (nSPS) is 21.4. The molecule has 4 aromatic carbocycles. The number of allylic oxidation sites excluding steroid dienone is 2. The predicted molar refractivity (Wildman–Crippen MR) is 256 cm³/mol. The third-order valence-corrected chi connectivity index (χ3v) is 17.9. The molecular weight excluding hydrogens is 785 g/mol. The van der Waals surface area contributed by atoms with Gasteiger partial charge in [-0.05, 0) is 83.0 Å². The Bertz CT molecular complexity index is 1900. The molecular formula is C55H72O6Si. The van der Waals surface area contributed by atoms with Crippen LogP contribution in [-0.4, -0.2) is 52.6 Å². The number of benzene rings is 4. The van der Waals surface area contributed by atoms with Gasteiger partial charge in [0.25, 0.3) is 8.32 Å². The van der Waals surface area contributed by atoms with Gasteiger partial charge in [-0.3, -0.25) is 4.79 Å². The van der Waals surface area contributed by atoms with Gasteiger partial charge in [-0.2, -0.15) is 0 Å². The summed E-state index contributed by atoms with van der Waals surface area (Å²) in [4.78, 5) is 11.8. The van der Waals surface area contributed by atoms with Gasteiger partial charge in [0.1, 0.15) is 0 Å². The molecule has 0 amide bonds. The van der Waals surface area contributed by atoms with Crippen LogP contribution in [0.3, 0.4) is 0 Å². The summed E-state index contributed by atoms with van der Waals surface area (Å²) in [6.45, 7) is 10.6. The van der Waals surface area contributed by atoms with Gasteiger partial charge in [-0.15, -0.1) is 0 Å². The SMILES string of the molecule is CCCCC[C@@H](/C=C/[C@@H]1[C@@H](C/C=C\CCCC(=O)OC)[C@@H](OCc2ccc(-c3ccccc3)cc2)C[C@H]1OC1CCCCO1)O[Si](c1ccccc1)(c1ccccc1)C(C)(C)C. The summed E-state index contributed by atoms with van der Waals surface area (Å²) >= 11 is 0. The molecule has 1 aliphatic carbocycles. The number of carbonyl (C=O) groups is 1. The Hall–Kier alpha value is -4.11. The van der Waals surface area contributed by atoms with Crippen LogP contribution in [0.2, 0.25) is 5.04 Å². The first-order valence-electron chi connectivity index (χ1n) is 23.4. The number of hydrogen-bond donors (Lipinski definition) is 0. The van der Waals surface area contributed by atoms with E-state index in [9.17, 15) is 4.79 Å². The standard InChI is InChI=1S/C55H72O6Si/c1-6-7-13-26-46(61-62(55(2,3)4,47-27-16-11-17-28-47)48-29-18-12-19-30-48)38-39-50-49(31-20-8-9-21-32-53(56)57-5)51(41-52(50)60-54-33-22-23-40-58-54)59-42-43-34-36-45(37-35-43)44-24-14-10-15-25-44/h8,10-12,14-20,24-25,27-30,34-39,46,49-52,54H,6-7,9,13,21-23,26,31-33,40-42H2,1-5H3/b20-8-,39-38+/t46-,49+,50+,51-,52+,54?/m0/s1. The van der Waals surface area contributed by atoms with Crippen molar-refractivity contribution in [3.05, 3.63) is 145 Å². The van der Waals surface area contributed by atoms with E-state index < -0.39 is 8.32 Å². The first-order chi connectivity index (χ1) is 30.2. The Morgan fingerprint density at radius 3 is 2.08 bits per heavy atom. The lowest BCUT2D eigenvalue weighted by molar-refractivity contribution is -0.193. The predicted octanol–water partition coefficient (Wildman–Crippen LogP) is 12.2. The lowest BCUT2D eigenvalue weighted by atomic mass is 9.89. The van der Waals surface area contributed by atoms with Crippen LogP contribution in [-0.2, 0) is 34.8 Å². The summed E-state index contributed by atoms with van der Waals surface area (Å²) < 4.78 is 32.9. The summed E-state index contributed by atoms with van der Waals surface area (Å²) in [5.74, 6) is 0.0925. The van der Waals surface area contributed by atoms with E-state index in [2.05, 4.69) is 167 Å². The highest BCUT2D eigenvalue weighted by Crippen LogP contribution is 2.43. The molecule has 1 aliphatic heterocycles. The number of methoxy groups -OCH3 is 1. The van der Waals surface area contributed by atoms with Crippen LogP contribution >= 0.6 is 0 Å². The van der Waals surface area contributed by atoms with Crippen LogP contribution in [0.25, 0.3) is 11.1 Å². The maximum atomic E-state index is 11.8. The van der Waals surface area contributed by atoms with Gasteiger partial charge < -0.3 is 23.4 Å². The van der Waals surface area contributed by atoms with E-state index in [1.54, 1.807) is 0 Å². The lowest BCUT2D eigenvalue weighted by Crippen LogP contribution is -2.67. The topological polar surface area (TPSA) is 63.2 Å². The fraction of sp³-hybridized carbons (Fsp3) is 0.473. The molecule has 6 rings (SSSR count). The molecule has 4 aromatic rings. The third kappa shape index (κ3) is 13.0. The fourth-order valence-corrected chi connectivity index (χ4v) is 14.1. The molecule has 62 heavy (non-hydrogen) atoms. The van der Waals surface area contributed by atoms with Gasteiger partial charge in [0.15, 0.2) is 6.29 Å². The van der Waals surface area contributed by atoms with Crippen molar-refractivity contribution in [3.63, 3.8) is 0 Å². The molecule has 6 nitrogen and oxygen atoms in total. The van der Waals surface area contributed by atoms with Crippen LogP contribution in [0.15, 0.2) is 140 Å². The molecule has 332 valence electrons. The molecule has 2 aliphatic rings. The number of hydrogen-bond acceptors (Lipinski definition) is 6. The number of ether oxygens (including phenoxy) is 4. The molecule has 0 spiro atoms. The van der Waals surface area contributed by atoms with Crippen molar-refractivity contribution in [2.75, 3.05) is 13.7 Å². The molecule has 1 unspecified atom stereocenters. The number of unbranched alkanes of at least 4 members (excludes halogenated alkanes) is 3. The Morgan fingerprint density at radius 1 is 0.806 bits per heavy atom. The van der Waals surface area contributed by atoms with E-state index in [0.717, 1.165) is 82.8 Å². The van der Waals surface area contributed by atoms with Crippen LogP contribution < -0.4 is 10.4 Å². The summed E-state index contributed by atoms with van der Waals surface area (Å²) in [6, 6.07) is 41.3. The van der Waals surface area contributed by atoms with Gasteiger partial charge >= 0.3 is 5.97 Å². The third-order valence-electron chi connectivity index (χ3n) is 12.8. The lowest BCUT2D eigenvalue weighted by Gasteiger charge is -2.45. The van der Waals surface area contributed by atoms with Gasteiger partial charge in [0, 0.05) is 25.4 Å². The summed E-state index contributed by atoms with van der Waals surface area (Å²) in [6.07, 6.45) is 20.1. The second-order valence-electron chi connectivity index (χ2n) is 18.2. The van der Waals surface area contributed by atoms with E-state index in [-0.39, 0.29) is 47.4 Å². The fourth-order valence-electron chi connectivity index (χ4n) is 9.44. The van der Waals surface area contributed by atoms with Crippen molar-refractivity contribution >= 4 is 24.7 Å². The van der Waals surface area contributed by atoms with E-state index in [1.807, 2.05) is 0 Å². The first kappa shape index (κ1) is 47.4. The minimum absolute atomic E-state index is 0.0251. The Balaban J connectivity index is 1.33. The largest absolute Gasteiger partial charge is 0.469 e. The van der Waals surface area contributed by atoms with Crippen molar-refractivity contribution in [1.29, 1.82) is 0 Å². The zero-order chi connectivity index (χ0) is 43.6. The minimum Gasteiger partial charge on any atom is -0.469 e. The molecule has 0 bridgehead atoms. The van der Waals surface area contributed by atoms with Gasteiger partial charge in [0.05, 0.1) is 32.0 Å². The van der Waals surface area contributed by atoms with E-state index in [0.29, 0.717) is 13.0 Å². The van der Waals surface area contributed by atoms with E-state index in [4.69, 9.17) is 23.4 Å². The molecule has 1 heterocycles. The van der Waals surface area contributed by atoms with E-state index >= 15 is 0 Å². The highest BCUT2D eigenvalue weighted by atomic mass is 28.4. The molecule has 6 atom stereocenters. The zero-order valence-electron chi connectivity index (χ0n) is 38.1. The van der Waals surface area contributed by atoms with Crippen molar-refractivity contribution in [1.82, 2.24) is 0 Å². The van der Waals surface area contributed by atoms with Crippen molar-refractivity contribution in [2.24, 2.45) is 11.8 Å². The minimum atomic E-state index is -2.82. The molecule has 2 fully saturated rings. The maximum absolute atomic E-state index is 11.8. The maximum Gasteiger partial charge on any atom is 0.305 e. The molecule has 1 saturated carbocycles. The highest BCUT2D eigenvalue weighted by molar-refractivity contribution is 6.99. The van der Waals surface area contributed by atoms with Gasteiger partial charge in [-0.25, -0.2) is 0 Å². The summed E-state index contributed by atoms with van der Waals surface area (Å²) in [5.41, 5.74) is 3.56. The Labute approximate surface area is 374 Å². The number of esters is 1. The summed E-state index contributed by atoms with van der Waals surface area (Å²) in [5, 5.41) is 2.46. The van der Waals surface area contributed by atoms with E-state index in [1.165, 1.54) is 28.6 Å². The summed E-state index contributed by atoms with van der Waals surface area (Å²) in [7, 11) is -1.37.